The number of ether oxygens (including phenoxy) is 2. The minimum Gasteiger partial charge on any atom is -0.469 e. The number of carbonyl (C=O) groups excluding carboxylic acids is 7. The van der Waals surface area contributed by atoms with Gasteiger partial charge in [-0.15, -0.1) is 0 Å². The van der Waals surface area contributed by atoms with Gasteiger partial charge in [-0.25, -0.2) is 0 Å². The van der Waals surface area contributed by atoms with Gasteiger partial charge in [0.05, 0.1) is 13.5 Å². The van der Waals surface area contributed by atoms with E-state index in [2.05, 4.69) is 15.4 Å². The molecule has 6 atom stereocenters. The van der Waals surface area contributed by atoms with E-state index in [-0.39, 0.29) is 24.8 Å². The predicted molar refractivity (Wildman–Crippen MR) is 170 cm³/mol. The molecule has 1 aliphatic rings. The van der Waals surface area contributed by atoms with E-state index >= 15 is 0 Å². The van der Waals surface area contributed by atoms with Crippen LogP contribution in [0.4, 0.5) is 0 Å². The smallest absolute Gasteiger partial charge is 0.307 e. The third-order valence-corrected chi connectivity index (χ3v) is 8.56. The normalized spacial score (nSPS) is 17.6. The van der Waals surface area contributed by atoms with Crippen LogP contribution in [0.3, 0.4) is 0 Å². The van der Waals surface area contributed by atoms with Crippen molar-refractivity contribution >= 4 is 41.5 Å². The zero-order chi connectivity index (χ0) is 35.3. The number of methoxy groups -OCH3 is 1. The second kappa shape index (κ2) is 19.1. The van der Waals surface area contributed by atoms with Gasteiger partial charge in [-0.3, -0.25) is 33.6 Å². The van der Waals surface area contributed by atoms with E-state index in [4.69, 9.17) is 4.74 Å². The number of rotatable bonds is 17. The van der Waals surface area contributed by atoms with Crippen LogP contribution in [0.1, 0.15) is 87.0 Å². The van der Waals surface area contributed by atoms with Gasteiger partial charge in [-0.1, -0.05) is 47.5 Å². The number of hydrogen-bond acceptors (Lipinski definition) is 9. The van der Waals surface area contributed by atoms with Crippen molar-refractivity contribution in [2.75, 3.05) is 34.3 Å². The fourth-order valence-corrected chi connectivity index (χ4v) is 5.48. The van der Waals surface area contributed by atoms with Crippen LogP contribution in [0.5, 0.6) is 0 Å². The van der Waals surface area contributed by atoms with Crippen molar-refractivity contribution in [3.05, 3.63) is 0 Å². The average Bonchev–Trinajstić information content (AvgIpc) is 3.51. The number of esters is 2. The summed E-state index contributed by atoms with van der Waals surface area (Å²) in [6, 6.07) is -3.67. The number of nitrogens with zero attached hydrogens (tertiary/aromatic N) is 3. The zero-order valence-electron chi connectivity index (χ0n) is 29.2. The molecule has 0 aromatic carbocycles. The molecule has 0 saturated carbocycles. The fourth-order valence-electron chi connectivity index (χ4n) is 5.48. The van der Waals surface area contributed by atoms with Gasteiger partial charge in [-0.05, 0) is 38.0 Å². The molecule has 2 unspecified atom stereocenters. The number of likely N-dealkylation sites (N-methyl/N-ethyl adjacent to an activating group) is 2. The number of carbonyl (C=O) groups is 7. The third kappa shape index (κ3) is 11.0. The van der Waals surface area contributed by atoms with Crippen LogP contribution < -0.4 is 10.6 Å². The maximum Gasteiger partial charge on any atom is 0.307 e. The molecule has 5 amide bonds. The minimum atomic E-state index is -0.988. The van der Waals surface area contributed by atoms with Gasteiger partial charge >= 0.3 is 11.9 Å². The summed E-state index contributed by atoms with van der Waals surface area (Å²) in [5.74, 6) is -4.03. The Labute approximate surface area is 273 Å². The predicted octanol–water partition coefficient (Wildman–Crippen LogP) is 1.25. The van der Waals surface area contributed by atoms with Crippen molar-refractivity contribution in [3.63, 3.8) is 0 Å². The summed E-state index contributed by atoms with van der Waals surface area (Å²) in [7, 11) is 4.23. The molecule has 14 heteroatoms. The highest BCUT2D eigenvalue weighted by atomic mass is 16.5. The van der Waals surface area contributed by atoms with Gasteiger partial charge < -0.3 is 34.8 Å². The van der Waals surface area contributed by atoms with E-state index in [1.807, 2.05) is 20.8 Å². The van der Waals surface area contributed by atoms with Crippen molar-refractivity contribution in [2.24, 2.45) is 11.8 Å². The van der Waals surface area contributed by atoms with Gasteiger partial charge in [0.1, 0.15) is 24.2 Å². The van der Waals surface area contributed by atoms with Crippen LogP contribution in [0.25, 0.3) is 0 Å². The summed E-state index contributed by atoms with van der Waals surface area (Å²) in [5, 5.41) is 5.48. The van der Waals surface area contributed by atoms with Crippen LogP contribution in [-0.2, 0) is 43.0 Å². The number of hydrogen-bond donors (Lipinski definition) is 2. The number of likely N-dealkylation sites (tertiary alicyclic amines) is 1. The Bertz CT molecular complexity index is 1100. The molecule has 1 aliphatic heterocycles. The molecule has 1 fully saturated rings. The van der Waals surface area contributed by atoms with Crippen molar-refractivity contribution < 1.29 is 43.0 Å². The molecule has 262 valence electrons. The van der Waals surface area contributed by atoms with Crippen molar-refractivity contribution in [1.82, 2.24) is 25.3 Å². The van der Waals surface area contributed by atoms with E-state index in [1.54, 1.807) is 20.8 Å². The second-order valence-corrected chi connectivity index (χ2v) is 12.3. The Morgan fingerprint density at radius 3 is 2.11 bits per heavy atom. The SMILES string of the molecule is CCCC(OC(C)=O)C(=O)N1CCC[C@H]1C(=O)N[C@H](C(=O)N(C)[C@H](C(=O)N(C)[C@@H](C)C(=O)NCCC(=O)OC)C(C)C)C(C)CC. The van der Waals surface area contributed by atoms with Crippen LogP contribution in [0, 0.1) is 11.8 Å². The molecule has 0 radical (unpaired) electrons. The van der Waals surface area contributed by atoms with Crippen LogP contribution in [0.15, 0.2) is 0 Å². The number of nitrogens with one attached hydrogen (secondary N) is 2. The number of amides is 5. The lowest BCUT2D eigenvalue weighted by Crippen LogP contribution is -2.61. The van der Waals surface area contributed by atoms with E-state index in [0.29, 0.717) is 38.6 Å². The minimum absolute atomic E-state index is 0.0144. The first kappa shape index (κ1) is 40.3. The maximum absolute atomic E-state index is 14.0. The standard InChI is InChI=1S/C32H55N5O9/c1-11-14-24(46-22(7)38)30(42)37-18-13-15-23(37)29(41)34-26(20(5)12-2)31(43)36(9)27(19(3)4)32(44)35(8)21(6)28(40)33-17-16-25(39)45-10/h19-21,23-24,26-27H,11-18H2,1-10H3,(H,33,40)(H,34,41)/t20?,21-,23-,24?,26-,27-/m0/s1. The lowest BCUT2D eigenvalue weighted by molar-refractivity contribution is -0.160. The molecule has 1 saturated heterocycles. The molecule has 0 bridgehead atoms. The molecule has 0 aromatic rings. The van der Waals surface area contributed by atoms with Crippen LogP contribution in [0.2, 0.25) is 0 Å². The summed E-state index contributed by atoms with van der Waals surface area (Å²) in [6.45, 7) is 12.3. The Balaban J connectivity index is 3.15. The Morgan fingerprint density at radius 1 is 0.957 bits per heavy atom. The van der Waals surface area contributed by atoms with Gasteiger partial charge in [0.25, 0.3) is 5.91 Å². The summed E-state index contributed by atoms with van der Waals surface area (Å²) in [4.78, 5) is 94.4. The molecule has 1 heterocycles. The highest BCUT2D eigenvalue weighted by molar-refractivity contribution is 5.96. The van der Waals surface area contributed by atoms with Crippen LogP contribution >= 0.6 is 0 Å². The zero-order valence-corrected chi connectivity index (χ0v) is 29.2. The molecule has 0 spiro atoms. The monoisotopic (exact) mass is 653 g/mol. The first-order valence-electron chi connectivity index (χ1n) is 16.2. The highest BCUT2D eigenvalue weighted by Crippen LogP contribution is 2.23. The van der Waals surface area contributed by atoms with E-state index < -0.39 is 71.7 Å². The molecule has 1 rings (SSSR count). The van der Waals surface area contributed by atoms with Gasteiger partial charge in [0.15, 0.2) is 6.10 Å². The Hall–Kier alpha value is -3.71. The van der Waals surface area contributed by atoms with Gasteiger partial charge in [-0.2, -0.15) is 0 Å². The van der Waals surface area contributed by atoms with Crippen molar-refractivity contribution in [3.8, 4) is 0 Å². The van der Waals surface area contributed by atoms with E-state index in [0.717, 1.165) is 0 Å². The summed E-state index contributed by atoms with van der Waals surface area (Å²) in [6.07, 6.45) is 1.46. The molecule has 46 heavy (non-hydrogen) atoms. The third-order valence-electron chi connectivity index (χ3n) is 8.56. The lowest BCUT2D eigenvalue weighted by atomic mass is 9.94. The fraction of sp³-hybridized carbons (Fsp3) is 0.781. The summed E-state index contributed by atoms with van der Waals surface area (Å²) in [5.41, 5.74) is 0. The second-order valence-electron chi connectivity index (χ2n) is 12.3. The quantitative estimate of drug-likeness (QED) is 0.219. The van der Waals surface area contributed by atoms with Gasteiger partial charge in [0.2, 0.25) is 23.6 Å². The first-order chi connectivity index (χ1) is 21.5. The molecule has 0 aliphatic carbocycles. The molecule has 14 nitrogen and oxygen atoms in total. The summed E-state index contributed by atoms with van der Waals surface area (Å²) < 4.78 is 9.83. The molecular formula is C32H55N5O9. The Kier molecular flexibility index (Phi) is 16.7. The average molecular weight is 654 g/mol. The largest absolute Gasteiger partial charge is 0.469 e. The van der Waals surface area contributed by atoms with Gasteiger partial charge in [0, 0.05) is 34.1 Å². The topological polar surface area (TPSA) is 172 Å². The van der Waals surface area contributed by atoms with Crippen molar-refractivity contribution in [1.29, 1.82) is 0 Å². The van der Waals surface area contributed by atoms with Crippen molar-refractivity contribution in [2.45, 2.75) is 117 Å². The lowest BCUT2D eigenvalue weighted by Gasteiger charge is -2.38. The van der Waals surface area contributed by atoms with E-state index in [1.165, 1.54) is 42.8 Å². The van der Waals surface area contributed by atoms with E-state index in [9.17, 15) is 33.6 Å². The first-order valence-corrected chi connectivity index (χ1v) is 16.2. The highest BCUT2D eigenvalue weighted by Gasteiger charge is 2.42. The van der Waals surface area contributed by atoms with Crippen LogP contribution in [-0.4, -0.2) is 121 Å². The molecular weight excluding hydrogens is 598 g/mol. The molecule has 2 N–H and O–H groups in total. The molecule has 0 aromatic heterocycles. The Morgan fingerprint density at radius 2 is 1.59 bits per heavy atom. The summed E-state index contributed by atoms with van der Waals surface area (Å²) >= 11 is 0. The maximum atomic E-state index is 14.0.